The molecular formula is C14H15BrClN3O. The van der Waals surface area contributed by atoms with Crippen LogP contribution in [-0.4, -0.2) is 16.0 Å². The maximum atomic E-state index is 6.19. The Labute approximate surface area is 131 Å². The molecule has 0 amide bonds. The Hall–Kier alpha value is -1.17. The fourth-order valence-corrected chi connectivity index (χ4v) is 2.09. The molecule has 0 saturated heterocycles. The third kappa shape index (κ3) is 4.44. The van der Waals surface area contributed by atoms with Crippen LogP contribution in [0.15, 0.2) is 35.2 Å². The van der Waals surface area contributed by atoms with E-state index < -0.39 is 0 Å². The van der Waals surface area contributed by atoms with Gasteiger partial charge in [0.1, 0.15) is 10.8 Å². The number of hydrogen-bond donors (Lipinski definition) is 1. The van der Waals surface area contributed by atoms with Crippen LogP contribution in [0, 0.1) is 0 Å². The lowest BCUT2D eigenvalue weighted by Gasteiger charge is -2.10. The summed E-state index contributed by atoms with van der Waals surface area (Å²) < 4.78 is 6.45. The third-order valence-corrected chi connectivity index (χ3v) is 3.18. The van der Waals surface area contributed by atoms with Gasteiger partial charge < -0.3 is 10.1 Å². The first-order valence-electron chi connectivity index (χ1n) is 6.21. The van der Waals surface area contributed by atoms with Gasteiger partial charge in [-0.15, -0.1) is 0 Å². The first-order chi connectivity index (χ1) is 9.54. The number of nitrogens with one attached hydrogen (secondary N) is 1. The molecule has 0 fully saturated rings. The van der Waals surface area contributed by atoms with Gasteiger partial charge >= 0.3 is 0 Å². The van der Waals surface area contributed by atoms with Crippen molar-refractivity contribution in [1.82, 2.24) is 15.3 Å². The Morgan fingerprint density at radius 1 is 1.30 bits per heavy atom. The van der Waals surface area contributed by atoms with Crippen LogP contribution in [0.25, 0.3) is 0 Å². The second-order valence-electron chi connectivity index (χ2n) is 4.61. The zero-order valence-electron chi connectivity index (χ0n) is 11.2. The van der Waals surface area contributed by atoms with Crippen molar-refractivity contribution in [3.8, 4) is 11.6 Å². The zero-order chi connectivity index (χ0) is 14.5. The molecule has 0 bridgehead atoms. The van der Waals surface area contributed by atoms with Crippen molar-refractivity contribution in [2.75, 3.05) is 0 Å². The van der Waals surface area contributed by atoms with Crippen molar-refractivity contribution in [2.45, 2.75) is 26.4 Å². The number of ether oxygens (including phenoxy) is 1. The number of halogens is 2. The number of aromatic nitrogens is 2. The van der Waals surface area contributed by atoms with Gasteiger partial charge in [0.05, 0.1) is 6.20 Å². The van der Waals surface area contributed by atoms with E-state index in [4.69, 9.17) is 16.3 Å². The molecule has 0 aliphatic heterocycles. The molecule has 20 heavy (non-hydrogen) atoms. The molecule has 0 saturated carbocycles. The minimum atomic E-state index is 0.375. The standard InChI is InChI=1S/C14H15BrClN3O/c1-9(2)18-5-10-3-13(16)14(19-6-10)20-12-4-11(15)7-17-8-12/h3-4,6-9,18H,5H2,1-2H3. The second-order valence-corrected chi connectivity index (χ2v) is 5.93. The molecule has 106 valence electrons. The summed E-state index contributed by atoms with van der Waals surface area (Å²) in [7, 11) is 0. The van der Waals surface area contributed by atoms with Crippen molar-refractivity contribution in [3.63, 3.8) is 0 Å². The number of nitrogens with zero attached hydrogens (tertiary/aromatic N) is 2. The molecule has 4 nitrogen and oxygen atoms in total. The number of pyridine rings is 2. The lowest BCUT2D eigenvalue weighted by molar-refractivity contribution is 0.460. The van der Waals surface area contributed by atoms with E-state index in [0.717, 1.165) is 16.6 Å². The molecule has 0 aliphatic rings. The van der Waals surface area contributed by atoms with E-state index in [1.165, 1.54) is 0 Å². The normalized spacial score (nSPS) is 10.8. The van der Waals surface area contributed by atoms with Gasteiger partial charge in [-0.3, -0.25) is 4.98 Å². The van der Waals surface area contributed by atoms with E-state index in [1.54, 1.807) is 24.7 Å². The van der Waals surface area contributed by atoms with E-state index in [2.05, 4.69) is 45.1 Å². The Morgan fingerprint density at radius 3 is 2.75 bits per heavy atom. The van der Waals surface area contributed by atoms with Crippen molar-refractivity contribution in [3.05, 3.63) is 45.8 Å². The van der Waals surface area contributed by atoms with Crippen LogP contribution in [0.4, 0.5) is 0 Å². The van der Waals surface area contributed by atoms with Crippen LogP contribution < -0.4 is 10.1 Å². The van der Waals surface area contributed by atoms with Gasteiger partial charge in [0.25, 0.3) is 0 Å². The van der Waals surface area contributed by atoms with Crippen LogP contribution in [0.3, 0.4) is 0 Å². The van der Waals surface area contributed by atoms with Crippen LogP contribution in [0.5, 0.6) is 11.6 Å². The monoisotopic (exact) mass is 355 g/mol. The predicted octanol–water partition coefficient (Wildman–Crippen LogP) is 4.18. The molecule has 2 aromatic heterocycles. The first kappa shape index (κ1) is 15.2. The van der Waals surface area contributed by atoms with Gasteiger partial charge in [-0.1, -0.05) is 25.4 Å². The summed E-state index contributed by atoms with van der Waals surface area (Å²) in [5, 5.41) is 3.79. The molecule has 2 aromatic rings. The molecule has 0 aliphatic carbocycles. The highest BCUT2D eigenvalue weighted by Gasteiger charge is 2.07. The predicted molar refractivity (Wildman–Crippen MR) is 83.2 cm³/mol. The summed E-state index contributed by atoms with van der Waals surface area (Å²) in [6, 6.07) is 4.07. The van der Waals surface area contributed by atoms with Gasteiger partial charge in [-0.2, -0.15) is 0 Å². The van der Waals surface area contributed by atoms with E-state index >= 15 is 0 Å². The lowest BCUT2D eigenvalue weighted by atomic mass is 10.2. The van der Waals surface area contributed by atoms with Gasteiger partial charge in [-0.25, -0.2) is 4.98 Å². The maximum Gasteiger partial charge on any atom is 0.238 e. The fourth-order valence-electron chi connectivity index (χ4n) is 1.52. The number of rotatable bonds is 5. The topological polar surface area (TPSA) is 47.0 Å². The Bertz CT molecular complexity index is 592. The Morgan fingerprint density at radius 2 is 2.10 bits per heavy atom. The summed E-state index contributed by atoms with van der Waals surface area (Å²) >= 11 is 9.52. The molecule has 2 heterocycles. The van der Waals surface area contributed by atoms with E-state index in [9.17, 15) is 0 Å². The molecule has 0 aromatic carbocycles. The summed E-state index contributed by atoms with van der Waals surface area (Å²) in [5.41, 5.74) is 1.02. The van der Waals surface area contributed by atoms with Crippen LogP contribution in [0.2, 0.25) is 5.02 Å². The van der Waals surface area contributed by atoms with Crippen molar-refractivity contribution in [1.29, 1.82) is 0 Å². The van der Waals surface area contributed by atoms with Gasteiger partial charge in [0.15, 0.2) is 0 Å². The first-order valence-corrected chi connectivity index (χ1v) is 7.38. The largest absolute Gasteiger partial charge is 0.436 e. The zero-order valence-corrected chi connectivity index (χ0v) is 13.6. The molecule has 2 rings (SSSR count). The molecule has 0 atom stereocenters. The van der Waals surface area contributed by atoms with Gasteiger partial charge in [0, 0.05) is 29.5 Å². The van der Waals surface area contributed by atoms with Gasteiger partial charge in [-0.05, 0) is 33.6 Å². The van der Waals surface area contributed by atoms with Crippen LogP contribution >= 0.6 is 27.5 Å². The molecule has 0 unspecified atom stereocenters. The van der Waals surface area contributed by atoms with Crippen LogP contribution in [-0.2, 0) is 6.54 Å². The quantitative estimate of drug-likeness (QED) is 0.873. The maximum absolute atomic E-state index is 6.19. The molecule has 0 spiro atoms. The fraction of sp³-hybridized carbons (Fsp3) is 0.286. The molecule has 1 N–H and O–H groups in total. The van der Waals surface area contributed by atoms with E-state index in [0.29, 0.717) is 22.7 Å². The lowest BCUT2D eigenvalue weighted by Crippen LogP contribution is -2.21. The molecule has 0 radical (unpaired) electrons. The molecular weight excluding hydrogens is 342 g/mol. The summed E-state index contributed by atoms with van der Waals surface area (Å²) in [6.07, 6.45) is 5.04. The summed E-state index contributed by atoms with van der Waals surface area (Å²) in [6.45, 7) is 4.91. The second kappa shape index (κ2) is 7.02. The van der Waals surface area contributed by atoms with Crippen molar-refractivity contribution < 1.29 is 4.74 Å². The smallest absolute Gasteiger partial charge is 0.238 e. The minimum absolute atomic E-state index is 0.375. The minimum Gasteiger partial charge on any atom is -0.436 e. The van der Waals surface area contributed by atoms with Gasteiger partial charge in [0.2, 0.25) is 5.88 Å². The average Bonchev–Trinajstić information content (AvgIpc) is 2.39. The van der Waals surface area contributed by atoms with Crippen molar-refractivity contribution >= 4 is 27.5 Å². The highest BCUT2D eigenvalue weighted by molar-refractivity contribution is 9.10. The van der Waals surface area contributed by atoms with Crippen molar-refractivity contribution in [2.24, 2.45) is 0 Å². The Balaban J connectivity index is 2.09. The van der Waals surface area contributed by atoms with E-state index in [1.807, 2.05) is 6.07 Å². The summed E-state index contributed by atoms with van der Waals surface area (Å²) in [4.78, 5) is 8.27. The van der Waals surface area contributed by atoms with Crippen LogP contribution in [0.1, 0.15) is 19.4 Å². The Kier molecular flexibility index (Phi) is 5.34. The highest BCUT2D eigenvalue weighted by Crippen LogP contribution is 2.28. The SMILES string of the molecule is CC(C)NCc1cnc(Oc2cncc(Br)c2)c(Cl)c1. The average molecular weight is 357 g/mol. The molecule has 6 heteroatoms. The highest BCUT2D eigenvalue weighted by atomic mass is 79.9. The third-order valence-electron chi connectivity index (χ3n) is 2.47. The number of hydrogen-bond acceptors (Lipinski definition) is 4. The van der Waals surface area contributed by atoms with E-state index in [-0.39, 0.29) is 0 Å². The summed E-state index contributed by atoms with van der Waals surface area (Å²) in [5.74, 6) is 0.960.